The van der Waals surface area contributed by atoms with Crippen LogP contribution in [0, 0.1) is 11.3 Å². The van der Waals surface area contributed by atoms with Crippen LogP contribution < -0.4 is 10.0 Å². The average molecular weight is 353 g/mol. The highest BCUT2D eigenvalue weighted by Crippen LogP contribution is 2.13. The molecule has 8 nitrogen and oxygen atoms in total. The summed E-state index contributed by atoms with van der Waals surface area (Å²) in [6.45, 7) is 4.25. The van der Waals surface area contributed by atoms with Crippen LogP contribution in [0.2, 0.25) is 0 Å². The summed E-state index contributed by atoms with van der Waals surface area (Å²) >= 11 is 0. The van der Waals surface area contributed by atoms with Gasteiger partial charge in [-0.3, -0.25) is 9.59 Å². The van der Waals surface area contributed by atoms with Crippen LogP contribution in [0.1, 0.15) is 26.3 Å². The van der Waals surface area contributed by atoms with Gasteiger partial charge in [-0.15, -0.1) is 0 Å². The van der Waals surface area contributed by atoms with Crippen molar-refractivity contribution < 1.29 is 22.7 Å². The second kappa shape index (κ2) is 8.42. The number of ether oxygens (including phenoxy) is 1. The molecule has 0 spiro atoms. The molecule has 0 saturated carbocycles. The predicted octanol–water partition coefficient (Wildman–Crippen LogP) is 0.293. The maximum Gasteiger partial charge on any atom is 0.321 e. The van der Waals surface area contributed by atoms with Crippen LogP contribution in [0.5, 0.6) is 0 Å². The second-order valence-corrected chi connectivity index (χ2v) is 6.96. The fourth-order valence-corrected chi connectivity index (χ4v) is 2.84. The standard InChI is InChI=1S/C15H19N3O5S/c1-10(2)18-15(20)11(3)23-14(19)9-17-24(21,22)13-7-5-4-6-12(13)8-16/h4-7,10-11,17H,9H2,1-3H3,(H,18,20)/t11-/m0/s1. The fourth-order valence-electron chi connectivity index (χ4n) is 1.72. The predicted molar refractivity (Wildman–Crippen MR) is 85.2 cm³/mol. The van der Waals surface area contributed by atoms with Crippen LogP contribution in [0.3, 0.4) is 0 Å². The molecule has 0 bridgehead atoms. The summed E-state index contributed by atoms with van der Waals surface area (Å²) in [5.74, 6) is -1.38. The maximum absolute atomic E-state index is 12.1. The number of esters is 1. The van der Waals surface area contributed by atoms with Gasteiger partial charge in [-0.2, -0.15) is 9.98 Å². The highest BCUT2D eigenvalue weighted by Gasteiger charge is 2.22. The van der Waals surface area contributed by atoms with Crippen molar-refractivity contribution in [1.29, 1.82) is 5.26 Å². The minimum atomic E-state index is -4.05. The largest absolute Gasteiger partial charge is 0.452 e. The molecular formula is C15H19N3O5S. The van der Waals surface area contributed by atoms with Crippen molar-refractivity contribution >= 4 is 21.9 Å². The van der Waals surface area contributed by atoms with Crippen LogP contribution >= 0.6 is 0 Å². The maximum atomic E-state index is 12.1. The molecule has 0 fully saturated rings. The van der Waals surface area contributed by atoms with Gasteiger partial charge in [-0.25, -0.2) is 8.42 Å². The van der Waals surface area contributed by atoms with Crippen LogP contribution in [0.4, 0.5) is 0 Å². The van der Waals surface area contributed by atoms with Gasteiger partial charge in [0.15, 0.2) is 6.10 Å². The summed E-state index contributed by atoms with van der Waals surface area (Å²) in [5, 5.41) is 11.5. The smallest absolute Gasteiger partial charge is 0.321 e. The summed E-state index contributed by atoms with van der Waals surface area (Å²) in [5.41, 5.74) is -0.0388. The molecule has 9 heteroatoms. The normalized spacial score (nSPS) is 12.3. The molecule has 0 aliphatic heterocycles. The zero-order chi connectivity index (χ0) is 18.3. The van der Waals surface area contributed by atoms with Crippen molar-refractivity contribution in [1.82, 2.24) is 10.0 Å². The van der Waals surface area contributed by atoms with E-state index in [9.17, 15) is 18.0 Å². The van der Waals surface area contributed by atoms with Crippen molar-refractivity contribution in [3.8, 4) is 6.07 Å². The Bertz CT molecular complexity index is 753. The molecule has 0 saturated heterocycles. The molecular weight excluding hydrogens is 334 g/mol. The van der Waals surface area contributed by atoms with Crippen molar-refractivity contribution in [3.05, 3.63) is 29.8 Å². The molecule has 0 unspecified atom stereocenters. The average Bonchev–Trinajstić information content (AvgIpc) is 2.52. The topological polar surface area (TPSA) is 125 Å². The van der Waals surface area contributed by atoms with Crippen molar-refractivity contribution in [2.45, 2.75) is 37.8 Å². The second-order valence-electron chi connectivity index (χ2n) is 5.23. The highest BCUT2D eigenvalue weighted by atomic mass is 32.2. The van der Waals surface area contributed by atoms with E-state index in [1.54, 1.807) is 19.9 Å². The lowest BCUT2D eigenvalue weighted by atomic mass is 10.2. The SMILES string of the molecule is CC(C)NC(=O)[C@H](C)OC(=O)CNS(=O)(=O)c1ccccc1C#N. The third-order valence-corrected chi connectivity index (χ3v) is 4.27. The summed E-state index contributed by atoms with van der Waals surface area (Å²) in [4.78, 5) is 23.1. The van der Waals surface area contributed by atoms with Crippen LogP contribution in [-0.4, -0.2) is 39.0 Å². The van der Waals surface area contributed by atoms with Gasteiger partial charge in [0.2, 0.25) is 10.0 Å². The minimum absolute atomic E-state index is 0.0388. The first-order valence-electron chi connectivity index (χ1n) is 7.16. The van der Waals surface area contributed by atoms with Gasteiger partial charge in [-0.05, 0) is 32.9 Å². The Hall–Kier alpha value is -2.44. The molecule has 1 atom stereocenters. The molecule has 0 radical (unpaired) electrons. The first-order valence-corrected chi connectivity index (χ1v) is 8.64. The van der Waals surface area contributed by atoms with Gasteiger partial charge >= 0.3 is 5.97 Å². The number of carbonyl (C=O) groups excluding carboxylic acids is 2. The van der Waals surface area contributed by atoms with Crippen LogP contribution in [0.15, 0.2) is 29.2 Å². The van der Waals surface area contributed by atoms with Crippen LogP contribution in [0.25, 0.3) is 0 Å². The number of hydrogen-bond donors (Lipinski definition) is 2. The third-order valence-electron chi connectivity index (χ3n) is 2.81. The number of amides is 1. The van der Waals surface area contributed by atoms with E-state index < -0.39 is 34.5 Å². The number of sulfonamides is 1. The first-order chi connectivity index (χ1) is 11.2. The molecule has 1 rings (SSSR count). The zero-order valence-corrected chi connectivity index (χ0v) is 14.4. The highest BCUT2D eigenvalue weighted by molar-refractivity contribution is 7.89. The van der Waals surface area contributed by atoms with Gasteiger partial charge in [0.25, 0.3) is 5.91 Å². The molecule has 0 aliphatic rings. The quantitative estimate of drug-likeness (QED) is 0.679. The van der Waals surface area contributed by atoms with Gasteiger partial charge in [-0.1, -0.05) is 12.1 Å². The van der Waals surface area contributed by atoms with E-state index in [-0.39, 0.29) is 16.5 Å². The lowest BCUT2D eigenvalue weighted by Gasteiger charge is -2.15. The van der Waals surface area contributed by atoms with Gasteiger partial charge in [0.1, 0.15) is 12.6 Å². The van der Waals surface area contributed by atoms with Crippen molar-refractivity contribution in [2.24, 2.45) is 0 Å². The lowest BCUT2D eigenvalue weighted by molar-refractivity contribution is -0.153. The van der Waals surface area contributed by atoms with E-state index in [0.717, 1.165) is 0 Å². The molecule has 0 heterocycles. The molecule has 0 aliphatic carbocycles. The summed E-state index contributed by atoms with van der Waals surface area (Å²) in [7, 11) is -4.05. The Morgan fingerprint density at radius 3 is 2.46 bits per heavy atom. The Morgan fingerprint density at radius 2 is 1.88 bits per heavy atom. The molecule has 0 aromatic heterocycles. The number of nitriles is 1. The molecule has 130 valence electrons. The summed E-state index contributed by atoms with van der Waals surface area (Å²) < 4.78 is 31.2. The number of nitrogens with zero attached hydrogens (tertiary/aromatic N) is 1. The monoisotopic (exact) mass is 353 g/mol. The number of hydrogen-bond acceptors (Lipinski definition) is 6. The van der Waals surface area contributed by atoms with E-state index >= 15 is 0 Å². The Morgan fingerprint density at radius 1 is 1.25 bits per heavy atom. The van der Waals surface area contributed by atoms with Gasteiger partial charge in [0.05, 0.1) is 10.5 Å². The molecule has 24 heavy (non-hydrogen) atoms. The number of carbonyl (C=O) groups is 2. The Kier molecular flexibility index (Phi) is 6.88. The first kappa shape index (κ1) is 19.6. The molecule has 2 N–H and O–H groups in total. The summed E-state index contributed by atoms with van der Waals surface area (Å²) in [6.07, 6.45) is -1.05. The number of rotatable bonds is 7. The Balaban J connectivity index is 2.67. The lowest BCUT2D eigenvalue weighted by Crippen LogP contribution is -2.41. The minimum Gasteiger partial charge on any atom is -0.452 e. The number of nitrogens with one attached hydrogen (secondary N) is 2. The zero-order valence-electron chi connectivity index (χ0n) is 13.6. The number of benzene rings is 1. The fraction of sp³-hybridized carbons (Fsp3) is 0.400. The third kappa shape index (κ3) is 5.64. The van der Waals surface area contributed by atoms with Gasteiger partial charge < -0.3 is 10.1 Å². The van der Waals surface area contributed by atoms with E-state index in [1.807, 2.05) is 4.72 Å². The Labute approximate surface area is 140 Å². The molecule has 1 aromatic rings. The summed E-state index contributed by atoms with van der Waals surface area (Å²) in [6, 6.07) is 7.26. The van der Waals surface area contributed by atoms with Crippen molar-refractivity contribution in [3.63, 3.8) is 0 Å². The van der Waals surface area contributed by atoms with Crippen molar-refractivity contribution in [2.75, 3.05) is 6.54 Å². The van der Waals surface area contributed by atoms with Gasteiger partial charge in [0, 0.05) is 6.04 Å². The van der Waals surface area contributed by atoms with E-state index in [0.29, 0.717) is 0 Å². The molecule has 1 amide bonds. The van der Waals surface area contributed by atoms with E-state index in [2.05, 4.69) is 5.32 Å². The van der Waals surface area contributed by atoms with E-state index in [1.165, 1.54) is 31.2 Å². The van der Waals surface area contributed by atoms with E-state index in [4.69, 9.17) is 10.00 Å². The molecule has 1 aromatic carbocycles. The van der Waals surface area contributed by atoms with Crippen LogP contribution in [-0.2, 0) is 24.3 Å².